The molecule has 23 heavy (non-hydrogen) atoms. The first kappa shape index (κ1) is 15.8. The molecule has 1 aliphatic heterocycles. The topological polar surface area (TPSA) is 63.7 Å². The molecule has 0 saturated carbocycles. The first-order valence-corrected chi connectivity index (χ1v) is 8.99. The molecular weight excluding hydrogens is 338 g/mol. The Morgan fingerprint density at radius 3 is 2.57 bits per heavy atom. The smallest absolute Gasteiger partial charge is 0.242 e. The van der Waals surface area contributed by atoms with E-state index in [0.717, 1.165) is 0 Å². The molecule has 0 N–H and O–H groups in total. The lowest BCUT2D eigenvalue weighted by molar-refractivity contribution is -0.116. The Hall–Kier alpha value is -2.05. The van der Waals surface area contributed by atoms with Gasteiger partial charge < -0.3 is 9.64 Å². The summed E-state index contributed by atoms with van der Waals surface area (Å²) in [4.78, 5) is 13.7. The Morgan fingerprint density at radius 2 is 1.87 bits per heavy atom. The van der Waals surface area contributed by atoms with Crippen molar-refractivity contribution in [2.24, 2.45) is 0 Å². The van der Waals surface area contributed by atoms with E-state index in [4.69, 9.17) is 16.3 Å². The second-order valence-electron chi connectivity index (χ2n) is 4.97. The van der Waals surface area contributed by atoms with Crippen molar-refractivity contribution in [3.63, 3.8) is 0 Å². The maximum atomic E-state index is 12.6. The van der Waals surface area contributed by atoms with Crippen LogP contribution >= 0.6 is 11.6 Å². The predicted molar refractivity (Wildman–Crippen MR) is 86.9 cm³/mol. The van der Waals surface area contributed by atoms with E-state index in [2.05, 4.69) is 0 Å². The van der Waals surface area contributed by atoms with Gasteiger partial charge in [0.2, 0.25) is 15.7 Å². The number of halogens is 1. The number of sulfone groups is 1. The largest absolute Gasteiger partial charge is 0.489 e. The Morgan fingerprint density at radius 1 is 1.13 bits per heavy atom. The zero-order chi connectivity index (χ0) is 16.4. The highest BCUT2D eigenvalue weighted by molar-refractivity contribution is 7.91. The molecule has 0 radical (unpaired) electrons. The van der Waals surface area contributed by atoms with Crippen LogP contribution in [0.1, 0.15) is 0 Å². The predicted octanol–water partition coefficient (Wildman–Crippen LogP) is 2.48. The maximum Gasteiger partial charge on any atom is 0.242 e. The molecule has 0 aliphatic carbocycles. The number of hydrogen-bond acceptors (Lipinski definition) is 4. The van der Waals surface area contributed by atoms with E-state index in [-0.39, 0.29) is 21.6 Å². The number of amides is 1. The zero-order valence-corrected chi connectivity index (χ0v) is 13.7. The van der Waals surface area contributed by atoms with Crippen molar-refractivity contribution in [3.05, 3.63) is 48.5 Å². The molecule has 2 aromatic carbocycles. The third kappa shape index (κ3) is 2.92. The molecule has 7 heteroatoms. The van der Waals surface area contributed by atoms with E-state index in [0.29, 0.717) is 24.6 Å². The molecule has 0 atom stereocenters. The minimum absolute atomic E-state index is 0.127. The Kier molecular flexibility index (Phi) is 4.28. The summed E-state index contributed by atoms with van der Waals surface area (Å²) in [5, 5.41) is 0. The van der Waals surface area contributed by atoms with Gasteiger partial charge in [-0.15, -0.1) is 11.6 Å². The number of anilines is 1. The molecule has 1 aliphatic rings. The van der Waals surface area contributed by atoms with Gasteiger partial charge in [0.1, 0.15) is 18.2 Å². The van der Waals surface area contributed by atoms with Crippen LogP contribution in [0, 0.1) is 0 Å². The lowest BCUT2D eigenvalue weighted by atomic mass is 10.2. The summed E-state index contributed by atoms with van der Waals surface area (Å²) < 4.78 is 30.8. The van der Waals surface area contributed by atoms with Crippen molar-refractivity contribution >= 4 is 33.0 Å². The van der Waals surface area contributed by atoms with Crippen molar-refractivity contribution in [3.8, 4) is 5.75 Å². The second kappa shape index (κ2) is 6.22. The normalized spacial score (nSPS) is 14.0. The Bertz CT molecular complexity index is 836. The van der Waals surface area contributed by atoms with Crippen LogP contribution in [-0.2, 0) is 14.6 Å². The molecule has 5 nitrogen and oxygen atoms in total. The number of ether oxygens (including phenoxy) is 1. The van der Waals surface area contributed by atoms with Gasteiger partial charge in [-0.3, -0.25) is 4.79 Å². The molecule has 120 valence electrons. The second-order valence-corrected chi connectivity index (χ2v) is 7.19. The maximum absolute atomic E-state index is 12.6. The van der Waals surface area contributed by atoms with Crippen LogP contribution in [0.5, 0.6) is 5.75 Å². The van der Waals surface area contributed by atoms with Gasteiger partial charge in [0.15, 0.2) is 0 Å². The van der Waals surface area contributed by atoms with Gasteiger partial charge in [0.05, 0.1) is 22.0 Å². The third-order valence-corrected chi connectivity index (χ3v) is 5.57. The highest BCUT2D eigenvalue weighted by Gasteiger charge is 2.26. The van der Waals surface area contributed by atoms with Crippen LogP contribution < -0.4 is 9.64 Å². The quantitative estimate of drug-likeness (QED) is 0.797. The molecule has 3 rings (SSSR count). The molecule has 1 heterocycles. The number of fused-ring (bicyclic) bond motifs is 1. The number of hydrogen-bond donors (Lipinski definition) is 0. The van der Waals surface area contributed by atoms with Crippen LogP contribution in [0.15, 0.2) is 58.3 Å². The fraction of sp³-hybridized carbons (Fsp3) is 0.188. The number of alkyl halides is 1. The highest BCUT2D eigenvalue weighted by Crippen LogP contribution is 2.35. The summed E-state index contributed by atoms with van der Waals surface area (Å²) in [6.07, 6.45) is 0. The van der Waals surface area contributed by atoms with Crippen molar-refractivity contribution in [1.29, 1.82) is 0 Å². The summed E-state index contributed by atoms with van der Waals surface area (Å²) >= 11 is 5.61. The fourth-order valence-electron chi connectivity index (χ4n) is 2.43. The number of carbonyl (C=O) groups excluding carboxylic acids is 1. The first-order valence-electron chi connectivity index (χ1n) is 6.97. The van der Waals surface area contributed by atoms with Gasteiger partial charge in [-0.2, -0.15) is 0 Å². The van der Waals surface area contributed by atoms with E-state index in [9.17, 15) is 13.2 Å². The average Bonchev–Trinajstić information content (AvgIpc) is 2.60. The summed E-state index contributed by atoms with van der Waals surface area (Å²) in [6.45, 7) is 0.688. The Balaban J connectivity index is 2.03. The minimum atomic E-state index is -3.63. The molecule has 0 fully saturated rings. The van der Waals surface area contributed by atoms with E-state index in [1.54, 1.807) is 36.4 Å². The van der Waals surface area contributed by atoms with E-state index in [1.807, 2.05) is 0 Å². The summed E-state index contributed by atoms with van der Waals surface area (Å²) in [6, 6.07) is 12.7. The highest BCUT2D eigenvalue weighted by atomic mass is 35.5. The van der Waals surface area contributed by atoms with Gasteiger partial charge >= 0.3 is 0 Å². The summed E-state index contributed by atoms with van der Waals surface area (Å²) in [5.74, 6) is -0.00892. The van der Waals surface area contributed by atoms with Gasteiger partial charge in [-0.05, 0) is 24.3 Å². The van der Waals surface area contributed by atoms with Crippen molar-refractivity contribution < 1.29 is 17.9 Å². The zero-order valence-electron chi connectivity index (χ0n) is 12.1. The average molecular weight is 352 g/mol. The van der Waals surface area contributed by atoms with Crippen molar-refractivity contribution in [1.82, 2.24) is 0 Å². The SMILES string of the molecule is O=C(CCl)N1CCOc2cc(S(=O)(=O)c3ccccc3)ccc21. The third-order valence-electron chi connectivity index (χ3n) is 3.57. The molecule has 0 unspecified atom stereocenters. The van der Waals surface area contributed by atoms with Gasteiger partial charge in [0.25, 0.3) is 0 Å². The van der Waals surface area contributed by atoms with E-state index in [1.165, 1.54) is 17.0 Å². The van der Waals surface area contributed by atoms with Crippen molar-refractivity contribution in [2.45, 2.75) is 9.79 Å². The number of carbonyl (C=O) groups is 1. The first-order chi connectivity index (χ1) is 11.0. The van der Waals surface area contributed by atoms with Crippen LogP contribution in [0.3, 0.4) is 0 Å². The van der Waals surface area contributed by atoms with Crippen LogP contribution in [0.25, 0.3) is 0 Å². The van der Waals surface area contributed by atoms with Gasteiger partial charge in [-0.1, -0.05) is 18.2 Å². The minimum Gasteiger partial charge on any atom is -0.489 e. The number of benzene rings is 2. The number of nitrogens with zero attached hydrogens (tertiary/aromatic N) is 1. The van der Waals surface area contributed by atoms with Gasteiger partial charge in [0, 0.05) is 6.07 Å². The molecule has 0 spiro atoms. The summed E-state index contributed by atoms with van der Waals surface area (Å²) in [5.41, 5.74) is 0.536. The van der Waals surface area contributed by atoms with E-state index < -0.39 is 9.84 Å². The van der Waals surface area contributed by atoms with Crippen LogP contribution in [0.2, 0.25) is 0 Å². The molecule has 2 aromatic rings. The van der Waals surface area contributed by atoms with Gasteiger partial charge in [-0.25, -0.2) is 8.42 Å². The van der Waals surface area contributed by atoms with Crippen LogP contribution in [-0.4, -0.2) is 33.4 Å². The molecule has 0 saturated heterocycles. The van der Waals surface area contributed by atoms with Crippen LogP contribution in [0.4, 0.5) is 5.69 Å². The molecule has 0 aromatic heterocycles. The monoisotopic (exact) mass is 351 g/mol. The van der Waals surface area contributed by atoms with E-state index >= 15 is 0 Å². The standard InChI is InChI=1S/C16H14ClNO4S/c17-11-16(19)18-8-9-22-15-10-13(6-7-14(15)18)23(20,21)12-4-2-1-3-5-12/h1-7,10H,8-9,11H2. The number of rotatable bonds is 3. The fourth-order valence-corrected chi connectivity index (χ4v) is 3.88. The van der Waals surface area contributed by atoms with Crippen molar-refractivity contribution in [2.75, 3.05) is 23.9 Å². The molecule has 0 bridgehead atoms. The molecule has 1 amide bonds. The molecular formula is C16H14ClNO4S. The lowest BCUT2D eigenvalue weighted by Gasteiger charge is -2.29. The Labute approximate surface area is 139 Å². The lowest BCUT2D eigenvalue weighted by Crippen LogP contribution is -2.38. The summed E-state index contributed by atoms with van der Waals surface area (Å²) in [7, 11) is -3.63.